The smallest absolute Gasteiger partial charge is 0.0787 e. The monoisotopic (exact) mass is 316 g/mol. The number of aliphatic hydroxyl groups excluding tert-OH is 1. The van der Waals surface area contributed by atoms with E-state index in [0.717, 1.165) is 19.4 Å². The van der Waals surface area contributed by atoms with Crippen LogP contribution >= 0.6 is 0 Å². The third kappa shape index (κ3) is 7.32. The van der Waals surface area contributed by atoms with Crippen LogP contribution in [0.2, 0.25) is 0 Å². The second kappa shape index (κ2) is 11.4. The van der Waals surface area contributed by atoms with Gasteiger partial charge in [-0.15, -0.1) is 0 Å². The van der Waals surface area contributed by atoms with E-state index in [1.165, 1.54) is 50.5 Å². The molecule has 2 rings (SSSR count). The lowest BCUT2D eigenvalue weighted by atomic mass is 9.90. The van der Waals surface area contributed by atoms with Crippen LogP contribution in [0, 0.1) is 5.92 Å². The van der Waals surface area contributed by atoms with Crippen LogP contribution in [0.5, 0.6) is 0 Å². The molecule has 1 saturated heterocycles. The summed E-state index contributed by atoms with van der Waals surface area (Å²) < 4.78 is 6.24. The molecule has 23 heavy (non-hydrogen) atoms. The average Bonchev–Trinajstić information content (AvgIpc) is 2.64. The molecule has 1 aromatic carbocycles. The molecule has 2 unspecified atom stereocenters. The predicted octanol–water partition coefficient (Wildman–Crippen LogP) is 5.22. The quantitative estimate of drug-likeness (QED) is 0.807. The van der Waals surface area contributed by atoms with Gasteiger partial charge in [-0.3, -0.25) is 0 Å². The van der Waals surface area contributed by atoms with Crippen LogP contribution < -0.4 is 0 Å². The van der Waals surface area contributed by atoms with Gasteiger partial charge in [-0.25, -0.2) is 0 Å². The van der Waals surface area contributed by atoms with Crippen LogP contribution in [0.1, 0.15) is 63.4 Å². The third-order valence-electron chi connectivity index (χ3n) is 4.76. The molecule has 1 fully saturated rings. The van der Waals surface area contributed by atoms with Gasteiger partial charge in [0.05, 0.1) is 6.10 Å². The summed E-state index contributed by atoms with van der Waals surface area (Å²) in [5.74, 6) is 0.528. The van der Waals surface area contributed by atoms with Gasteiger partial charge in [0.1, 0.15) is 0 Å². The minimum absolute atomic E-state index is 0.180. The van der Waals surface area contributed by atoms with E-state index < -0.39 is 0 Å². The van der Waals surface area contributed by atoms with Crippen molar-refractivity contribution in [2.75, 3.05) is 13.2 Å². The molecular weight excluding hydrogens is 284 g/mol. The molecule has 128 valence electrons. The van der Waals surface area contributed by atoms with E-state index in [1.807, 2.05) is 6.07 Å². The lowest BCUT2D eigenvalue weighted by Gasteiger charge is -2.25. The van der Waals surface area contributed by atoms with Gasteiger partial charge in [-0.05, 0) is 37.2 Å². The van der Waals surface area contributed by atoms with Crippen LogP contribution in [-0.2, 0) is 4.74 Å². The second-order valence-electron chi connectivity index (χ2n) is 6.64. The van der Waals surface area contributed by atoms with Gasteiger partial charge in [-0.2, -0.15) is 0 Å². The summed E-state index contributed by atoms with van der Waals surface area (Å²) in [5.41, 5.74) is 1.23. The van der Waals surface area contributed by atoms with Gasteiger partial charge in [0.15, 0.2) is 0 Å². The highest BCUT2D eigenvalue weighted by atomic mass is 16.5. The maximum atomic E-state index is 9.20. The Morgan fingerprint density at radius 1 is 1.00 bits per heavy atom. The molecule has 1 aliphatic rings. The van der Waals surface area contributed by atoms with E-state index in [4.69, 9.17) is 4.74 Å². The number of hydrogen-bond donors (Lipinski definition) is 1. The summed E-state index contributed by atoms with van der Waals surface area (Å²) in [6.07, 6.45) is 15.5. The SMILES string of the molecule is OCCCC1CCCCCCCCOC1C=Cc1ccccc1. The summed E-state index contributed by atoms with van der Waals surface area (Å²) >= 11 is 0. The lowest BCUT2D eigenvalue weighted by Crippen LogP contribution is -2.23. The molecule has 0 bridgehead atoms. The molecule has 1 aromatic rings. The Labute approximate surface area is 141 Å². The van der Waals surface area contributed by atoms with Crippen molar-refractivity contribution in [1.82, 2.24) is 0 Å². The highest BCUT2D eigenvalue weighted by molar-refractivity contribution is 5.49. The van der Waals surface area contributed by atoms with Gasteiger partial charge in [0.25, 0.3) is 0 Å². The van der Waals surface area contributed by atoms with Gasteiger partial charge in [-0.1, -0.05) is 74.6 Å². The lowest BCUT2D eigenvalue weighted by molar-refractivity contribution is 0.0352. The molecule has 1 heterocycles. The Morgan fingerprint density at radius 2 is 1.74 bits per heavy atom. The fraction of sp³-hybridized carbons (Fsp3) is 0.619. The molecule has 2 atom stereocenters. The number of ether oxygens (including phenoxy) is 1. The molecule has 1 N–H and O–H groups in total. The van der Waals surface area contributed by atoms with Crippen molar-refractivity contribution in [1.29, 1.82) is 0 Å². The largest absolute Gasteiger partial charge is 0.396 e. The molecule has 0 amide bonds. The summed E-state index contributed by atoms with van der Waals surface area (Å²) in [7, 11) is 0. The number of hydrogen-bond acceptors (Lipinski definition) is 2. The highest BCUT2D eigenvalue weighted by Crippen LogP contribution is 2.25. The first-order chi connectivity index (χ1) is 11.4. The zero-order valence-electron chi connectivity index (χ0n) is 14.3. The van der Waals surface area contributed by atoms with Crippen molar-refractivity contribution < 1.29 is 9.84 Å². The zero-order chi connectivity index (χ0) is 16.2. The van der Waals surface area contributed by atoms with Gasteiger partial charge in [0.2, 0.25) is 0 Å². The van der Waals surface area contributed by atoms with Crippen LogP contribution in [0.4, 0.5) is 0 Å². The fourth-order valence-electron chi connectivity index (χ4n) is 3.38. The zero-order valence-corrected chi connectivity index (χ0v) is 14.3. The van der Waals surface area contributed by atoms with E-state index in [1.54, 1.807) is 0 Å². The normalized spacial score (nSPS) is 24.4. The van der Waals surface area contributed by atoms with Crippen molar-refractivity contribution in [2.45, 2.75) is 63.9 Å². The molecular formula is C21H32O2. The minimum atomic E-state index is 0.180. The standard InChI is InChI=1S/C21H32O2/c22-17-10-14-20-13-8-3-1-2-4-9-18-23-21(20)16-15-19-11-6-5-7-12-19/h5-7,11-12,15-16,20-22H,1-4,8-10,13-14,17-18H2. The van der Waals surface area contributed by atoms with Gasteiger partial charge >= 0.3 is 0 Å². The van der Waals surface area contributed by atoms with Gasteiger partial charge < -0.3 is 9.84 Å². The number of aliphatic hydroxyl groups is 1. The Balaban J connectivity index is 2.03. The third-order valence-corrected chi connectivity index (χ3v) is 4.76. The molecule has 0 radical (unpaired) electrons. The molecule has 0 aromatic heterocycles. The van der Waals surface area contributed by atoms with Crippen molar-refractivity contribution in [3.63, 3.8) is 0 Å². The van der Waals surface area contributed by atoms with E-state index in [2.05, 4.69) is 36.4 Å². The van der Waals surface area contributed by atoms with E-state index >= 15 is 0 Å². The summed E-state index contributed by atoms with van der Waals surface area (Å²) in [4.78, 5) is 0. The molecule has 2 heteroatoms. The molecule has 0 aliphatic carbocycles. The van der Waals surface area contributed by atoms with E-state index in [0.29, 0.717) is 5.92 Å². The topological polar surface area (TPSA) is 29.5 Å². The predicted molar refractivity (Wildman–Crippen MR) is 97.3 cm³/mol. The molecule has 0 saturated carbocycles. The first-order valence-electron chi connectivity index (χ1n) is 9.36. The molecule has 1 aliphatic heterocycles. The van der Waals surface area contributed by atoms with Crippen molar-refractivity contribution in [2.24, 2.45) is 5.92 Å². The summed E-state index contributed by atoms with van der Waals surface area (Å²) in [6.45, 7) is 1.14. The molecule has 2 nitrogen and oxygen atoms in total. The Kier molecular flexibility index (Phi) is 9.05. The van der Waals surface area contributed by atoms with Crippen LogP contribution in [0.15, 0.2) is 36.4 Å². The first kappa shape index (κ1) is 18.2. The van der Waals surface area contributed by atoms with Crippen molar-refractivity contribution in [3.8, 4) is 0 Å². The first-order valence-corrected chi connectivity index (χ1v) is 9.36. The Bertz CT molecular complexity index is 427. The Morgan fingerprint density at radius 3 is 2.52 bits per heavy atom. The molecule has 0 spiro atoms. The fourth-order valence-corrected chi connectivity index (χ4v) is 3.38. The average molecular weight is 316 g/mol. The van der Waals surface area contributed by atoms with Crippen LogP contribution in [0.3, 0.4) is 0 Å². The minimum Gasteiger partial charge on any atom is -0.396 e. The van der Waals surface area contributed by atoms with E-state index in [-0.39, 0.29) is 12.7 Å². The van der Waals surface area contributed by atoms with Crippen molar-refractivity contribution in [3.05, 3.63) is 42.0 Å². The number of benzene rings is 1. The maximum Gasteiger partial charge on any atom is 0.0787 e. The maximum absolute atomic E-state index is 9.20. The van der Waals surface area contributed by atoms with Crippen LogP contribution in [-0.4, -0.2) is 24.4 Å². The van der Waals surface area contributed by atoms with E-state index in [9.17, 15) is 5.11 Å². The highest BCUT2D eigenvalue weighted by Gasteiger charge is 2.19. The van der Waals surface area contributed by atoms with Gasteiger partial charge in [0, 0.05) is 13.2 Å². The summed E-state index contributed by atoms with van der Waals surface area (Å²) in [6, 6.07) is 10.4. The summed E-state index contributed by atoms with van der Waals surface area (Å²) in [5, 5.41) is 9.20. The van der Waals surface area contributed by atoms with Crippen LogP contribution in [0.25, 0.3) is 6.08 Å². The van der Waals surface area contributed by atoms with Crippen molar-refractivity contribution >= 4 is 6.08 Å². The Hall–Kier alpha value is -1.12. The number of rotatable bonds is 5. The second-order valence-corrected chi connectivity index (χ2v) is 6.64.